The van der Waals surface area contributed by atoms with Crippen LogP contribution in [0.4, 0.5) is 18.3 Å². The zero-order chi connectivity index (χ0) is 15.0. The number of ether oxygens (including phenoxy) is 2. The number of nitrogens with zero attached hydrogens (tertiary/aromatic N) is 1. The lowest BCUT2D eigenvalue weighted by molar-refractivity contribution is -0.172. The molecule has 0 aliphatic carbocycles. The van der Waals surface area contributed by atoms with Crippen LogP contribution in [0.15, 0.2) is 5.38 Å². The molecule has 1 aromatic heterocycles. The van der Waals surface area contributed by atoms with Crippen LogP contribution in [-0.4, -0.2) is 43.5 Å². The van der Waals surface area contributed by atoms with Gasteiger partial charge in [-0.25, -0.2) is 4.98 Å². The van der Waals surface area contributed by atoms with Crippen molar-refractivity contribution in [2.75, 3.05) is 31.7 Å². The van der Waals surface area contributed by atoms with E-state index in [4.69, 9.17) is 4.74 Å². The van der Waals surface area contributed by atoms with Crippen LogP contribution in [0.2, 0.25) is 0 Å². The Morgan fingerprint density at radius 1 is 1.50 bits per heavy atom. The molecule has 1 heterocycles. The number of carbonyl (C=O) groups is 1. The molecule has 20 heavy (non-hydrogen) atoms. The molecule has 0 saturated heterocycles. The first-order chi connectivity index (χ1) is 9.40. The Bertz CT molecular complexity index is 423. The first-order valence-electron chi connectivity index (χ1n) is 5.89. The number of hydrogen-bond acceptors (Lipinski definition) is 6. The maximum absolute atomic E-state index is 11.8. The van der Waals surface area contributed by atoms with Crippen LogP contribution < -0.4 is 5.32 Å². The molecule has 9 heteroatoms. The average molecular weight is 312 g/mol. The second kappa shape index (κ2) is 8.05. The largest absolute Gasteiger partial charge is 0.466 e. The fourth-order valence-electron chi connectivity index (χ4n) is 1.25. The molecule has 114 valence electrons. The van der Waals surface area contributed by atoms with Crippen LogP contribution in [0, 0.1) is 0 Å². The molecule has 1 aromatic rings. The number of rotatable bonds is 8. The van der Waals surface area contributed by atoms with Crippen molar-refractivity contribution in [3.05, 3.63) is 11.1 Å². The second-order valence-corrected chi connectivity index (χ2v) is 4.58. The molecule has 5 nitrogen and oxygen atoms in total. The van der Waals surface area contributed by atoms with Gasteiger partial charge < -0.3 is 14.8 Å². The van der Waals surface area contributed by atoms with Gasteiger partial charge in [-0.05, 0) is 6.92 Å². The third-order valence-corrected chi connectivity index (χ3v) is 2.82. The number of aromatic nitrogens is 1. The molecule has 0 fully saturated rings. The molecule has 0 spiro atoms. The van der Waals surface area contributed by atoms with Crippen molar-refractivity contribution in [1.29, 1.82) is 0 Å². The lowest BCUT2D eigenvalue weighted by atomic mass is 10.3. The van der Waals surface area contributed by atoms with Crippen LogP contribution in [0.25, 0.3) is 0 Å². The standard InChI is InChI=1S/C11H15F3N2O3S/c1-2-19-9(17)5-8-6-20-10(16-8)15-3-4-18-7-11(12,13)14/h6H,2-5,7H2,1H3,(H,15,16). The number of alkyl halides is 3. The minimum atomic E-state index is -4.31. The summed E-state index contributed by atoms with van der Waals surface area (Å²) >= 11 is 1.27. The molecule has 0 aromatic carbocycles. The van der Waals surface area contributed by atoms with E-state index in [1.54, 1.807) is 12.3 Å². The third kappa shape index (κ3) is 7.29. The van der Waals surface area contributed by atoms with Crippen LogP contribution in [0.5, 0.6) is 0 Å². The molecule has 0 aliphatic rings. The predicted octanol–water partition coefficient (Wildman–Crippen LogP) is 2.24. The lowest BCUT2D eigenvalue weighted by Gasteiger charge is -2.07. The highest BCUT2D eigenvalue weighted by Crippen LogP contribution is 2.16. The molecule has 1 rings (SSSR count). The van der Waals surface area contributed by atoms with E-state index >= 15 is 0 Å². The molecule has 0 bridgehead atoms. The summed E-state index contributed by atoms with van der Waals surface area (Å²) in [5, 5.41) is 5.04. The topological polar surface area (TPSA) is 60.5 Å². The summed E-state index contributed by atoms with van der Waals surface area (Å²) in [5.74, 6) is -0.363. The first-order valence-corrected chi connectivity index (χ1v) is 6.77. The highest BCUT2D eigenvalue weighted by molar-refractivity contribution is 7.13. The van der Waals surface area contributed by atoms with Crippen LogP contribution in [-0.2, 0) is 20.7 Å². The van der Waals surface area contributed by atoms with E-state index in [0.29, 0.717) is 17.4 Å². The Kier molecular flexibility index (Phi) is 6.73. The predicted molar refractivity (Wildman–Crippen MR) is 67.8 cm³/mol. The Hall–Kier alpha value is -1.35. The number of nitrogens with one attached hydrogen (secondary N) is 1. The van der Waals surface area contributed by atoms with Gasteiger partial charge in [0.15, 0.2) is 5.13 Å². The fourth-order valence-corrected chi connectivity index (χ4v) is 1.99. The Balaban J connectivity index is 2.22. The van der Waals surface area contributed by atoms with Gasteiger partial charge in [-0.15, -0.1) is 11.3 Å². The van der Waals surface area contributed by atoms with Gasteiger partial charge in [0.1, 0.15) is 6.61 Å². The molecular weight excluding hydrogens is 297 g/mol. The molecule has 1 N–H and O–H groups in total. The van der Waals surface area contributed by atoms with Crippen molar-refractivity contribution in [3.8, 4) is 0 Å². The van der Waals surface area contributed by atoms with E-state index in [0.717, 1.165) is 0 Å². The molecule has 0 saturated carbocycles. The summed E-state index contributed by atoms with van der Waals surface area (Å²) in [7, 11) is 0. The quantitative estimate of drug-likeness (QED) is 0.589. The number of halogens is 3. The van der Waals surface area contributed by atoms with Gasteiger partial charge in [0.2, 0.25) is 0 Å². The first kappa shape index (κ1) is 16.7. The van der Waals surface area contributed by atoms with E-state index in [9.17, 15) is 18.0 Å². The number of carbonyl (C=O) groups excluding carboxylic acids is 1. The van der Waals surface area contributed by atoms with Gasteiger partial charge in [0, 0.05) is 11.9 Å². The Morgan fingerprint density at radius 2 is 2.25 bits per heavy atom. The van der Waals surface area contributed by atoms with Crippen molar-refractivity contribution in [2.45, 2.75) is 19.5 Å². The number of thiazole rings is 1. The molecule has 0 unspecified atom stereocenters. The van der Waals surface area contributed by atoms with Crippen molar-refractivity contribution in [1.82, 2.24) is 4.98 Å². The minimum absolute atomic E-state index is 0.0771. The molecule has 0 aliphatic heterocycles. The average Bonchev–Trinajstić information content (AvgIpc) is 2.75. The normalized spacial score (nSPS) is 11.4. The summed E-state index contributed by atoms with van der Waals surface area (Å²) in [5.41, 5.74) is 0.562. The molecule has 0 amide bonds. The lowest BCUT2D eigenvalue weighted by Crippen LogP contribution is -2.20. The summed E-state index contributed by atoms with van der Waals surface area (Å²) in [4.78, 5) is 15.3. The van der Waals surface area contributed by atoms with Crippen LogP contribution >= 0.6 is 11.3 Å². The maximum atomic E-state index is 11.8. The van der Waals surface area contributed by atoms with Gasteiger partial charge in [-0.3, -0.25) is 4.79 Å². The SMILES string of the molecule is CCOC(=O)Cc1csc(NCCOCC(F)(F)F)n1. The summed E-state index contributed by atoms with van der Waals surface area (Å²) in [6.07, 6.45) is -4.23. The van der Waals surface area contributed by atoms with Gasteiger partial charge in [0.25, 0.3) is 0 Å². The maximum Gasteiger partial charge on any atom is 0.411 e. The van der Waals surface area contributed by atoms with Crippen LogP contribution in [0.1, 0.15) is 12.6 Å². The van der Waals surface area contributed by atoms with Gasteiger partial charge in [0.05, 0.1) is 25.3 Å². The Labute approximate surface area is 118 Å². The van der Waals surface area contributed by atoms with E-state index in [1.807, 2.05) is 0 Å². The van der Waals surface area contributed by atoms with E-state index < -0.39 is 12.8 Å². The van der Waals surface area contributed by atoms with Crippen LogP contribution in [0.3, 0.4) is 0 Å². The van der Waals surface area contributed by atoms with Gasteiger partial charge in [-0.1, -0.05) is 0 Å². The Morgan fingerprint density at radius 3 is 2.90 bits per heavy atom. The zero-order valence-electron chi connectivity index (χ0n) is 10.8. The van der Waals surface area contributed by atoms with E-state index in [-0.39, 0.29) is 25.5 Å². The van der Waals surface area contributed by atoms with Crippen molar-refractivity contribution < 1.29 is 27.4 Å². The molecule has 0 radical (unpaired) electrons. The molecular formula is C11H15F3N2O3S. The fraction of sp³-hybridized carbons (Fsp3) is 0.636. The van der Waals surface area contributed by atoms with Gasteiger partial charge >= 0.3 is 12.1 Å². The zero-order valence-corrected chi connectivity index (χ0v) is 11.6. The smallest absolute Gasteiger partial charge is 0.411 e. The van der Waals surface area contributed by atoms with Crippen molar-refractivity contribution >= 4 is 22.4 Å². The summed E-state index contributed by atoms with van der Waals surface area (Å²) in [6, 6.07) is 0. The number of esters is 1. The third-order valence-electron chi connectivity index (χ3n) is 1.97. The second-order valence-electron chi connectivity index (χ2n) is 3.72. The number of hydrogen-bond donors (Lipinski definition) is 1. The van der Waals surface area contributed by atoms with Crippen molar-refractivity contribution in [2.24, 2.45) is 0 Å². The van der Waals surface area contributed by atoms with E-state index in [1.165, 1.54) is 11.3 Å². The number of anilines is 1. The highest BCUT2D eigenvalue weighted by Gasteiger charge is 2.27. The van der Waals surface area contributed by atoms with Gasteiger partial charge in [-0.2, -0.15) is 13.2 Å². The van der Waals surface area contributed by atoms with Crippen molar-refractivity contribution in [3.63, 3.8) is 0 Å². The molecule has 0 atom stereocenters. The summed E-state index contributed by atoms with van der Waals surface area (Å²) in [6.45, 7) is 0.896. The highest BCUT2D eigenvalue weighted by atomic mass is 32.1. The summed E-state index contributed by atoms with van der Waals surface area (Å²) < 4.78 is 44.6. The minimum Gasteiger partial charge on any atom is -0.466 e. The monoisotopic (exact) mass is 312 g/mol. The van der Waals surface area contributed by atoms with E-state index in [2.05, 4.69) is 15.0 Å².